The van der Waals surface area contributed by atoms with E-state index >= 15 is 0 Å². The van der Waals surface area contributed by atoms with E-state index < -0.39 is 0 Å². The molecule has 2 unspecified atom stereocenters. The van der Waals surface area contributed by atoms with Crippen molar-refractivity contribution in [3.05, 3.63) is 0 Å². The van der Waals surface area contributed by atoms with Crippen LogP contribution < -0.4 is 5.32 Å². The molecule has 0 saturated carbocycles. The first-order valence-electron chi connectivity index (χ1n) is 6.65. The maximum atomic E-state index is 12.0. The summed E-state index contributed by atoms with van der Waals surface area (Å²) in [4.78, 5) is 14.0. The highest BCUT2D eigenvalue weighted by atomic mass is 16.5. The summed E-state index contributed by atoms with van der Waals surface area (Å²) in [6.45, 7) is 10.6. The summed E-state index contributed by atoms with van der Waals surface area (Å²) in [7, 11) is 0. The third-order valence-corrected chi connectivity index (χ3v) is 3.05. The first-order chi connectivity index (χ1) is 8.00. The predicted molar refractivity (Wildman–Crippen MR) is 69.0 cm³/mol. The SMILES string of the molecule is CC(C)NCCCC(=O)N1CC(C)OCC1C. The van der Waals surface area contributed by atoms with E-state index in [9.17, 15) is 4.79 Å². The highest BCUT2D eigenvalue weighted by molar-refractivity contribution is 5.76. The molecule has 4 heteroatoms. The van der Waals surface area contributed by atoms with Crippen LogP contribution in [0.15, 0.2) is 0 Å². The summed E-state index contributed by atoms with van der Waals surface area (Å²) >= 11 is 0. The van der Waals surface area contributed by atoms with Crippen LogP contribution in [-0.2, 0) is 9.53 Å². The molecule has 100 valence electrons. The van der Waals surface area contributed by atoms with Gasteiger partial charge in [-0.1, -0.05) is 13.8 Å². The average molecular weight is 242 g/mol. The van der Waals surface area contributed by atoms with Crippen molar-refractivity contribution in [2.75, 3.05) is 19.7 Å². The summed E-state index contributed by atoms with van der Waals surface area (Å²) in [5.74, 6) is 0.262. The lowest BCUT2D eigenvalue weighted by Crippen LogP contribution is -2.50. The molecular weight excluding hydrogens is 216 g/mol. The van der Waals surface area contributed by atoms with Crippen LogP contribution >= 0.6 is 0 Å². The number of nitrogens with one attached hydrogen (secondary N) is 1. The number of rotatable bonds is 5. The molecule has 0 aliphatic carbocycles. The summed E-state index contributed by atoms with van der Waals surface area (Å²) in [6.07, 6.45) is 1.72. The van der Waals surface area contributed by atoms with Gasteiger partial charge in [-0.25, -0.2) is 0 Å². The Morgan fingerprint density at radius 3 is 2.82 bits per heavy atom. The average Bonchev–Trinajstić information content (AvgIpc) is 2.27. The highest BCUT2D eigenvalue weighted by Crippen LogP contribution is 2.13. The fourth-order valence-electron chi connectivity index (χ4n) is 2.02. The van der Waals surface area contributed by atoms with Crippen LogP contribution in [0.1, 0.15) is 40.5 Å². The normalized spacial score (nSPS) is 25.4. The van der Waals surface area contributed by atoms with Gasteiger partial charge in [0.15, 0.2) is 0 Å². The Bertz CT molecular complexity index is 244. The van der Waals surface area contributed by atoms with Crippen LogP contribution in [0, 0.1) is 0 Å². The molecule has 0 aromatic rings. The van der Waals surface area contributed by atoms with E-state index in [-0.39, 0.29) is 18.1 Å². The fourth-order valence-corrected chi connectivity index (χ4v) is 2.02. The Balaban J connectivity index is 2.26. The maximum Gasteiger partial charge on any atom is 0.223 e. The zero-order valence-corrected chi connectivity index (χ0v) is 11.5. The molecule has 1 aliphatic rings. The minimum absolute atomic E-state index is 0.170. The van der Waals surface area contributed by atoms with E-state index in [0.29, 0.717) is 19.1 Å². The Morgan fingerprint density at radius 1 is 1.47 bits per heavy atom. The van der Waals surface area contributed by atoms with Crippen molar-refractivity contribution in [2.24, 2.45) is 0 Å². The number of amides is 1. The van der Waals surface area contributed by atoms with E-state index in [1.54, 1.807) is 0 Å². The molecule has 1 N–H and O–H groups in total. The molecule has 1 rings (SSSR count). The van der Waals surface area contributed by atoms with Crippen LogP contribution in [-0.4, -0.2) is 48.7 Å². The molecule has 4 nitrogen and oxygen atoms in total. The van der Waals surface area contributed by atoms with Gasteiger partial charge in [0.2, 0.25) is 5.91 Å². The Hall–Kier alpha value is -0.610. The number of hydrogen-bond acceptors (Lipinski definition) is 3. The van der Waals surface area contributed by atoms with Gasteiger partial charge in [-0.05, 0) is 26.8 Å². The van der Waals surface area contributed by atoms with Crippen molar-refractivity contribution in [2.45, 2.75) is 58.7 Å². The molecule has 0 spiro atoms. The molecule has 1 fully saturated rings. The van der Waals surface area contributed by atoms with Crippen molar-refractivity contribution >= 4 is 5.91 Å². The minimum atomic E-state index is 0.170. The van der Waals surface area contributed by atoms with Crippen molar-refractivity contribution < 1.29 is 9.53 Å². The second-order valence-corrected chi connectivity index (χ2v) is 5.25. The maximum absolute atomic E-state index is 12.0. The monoisotopic (exact) mass is 242 g/mol. The molecule has 1 aliphatic heterocycles. The van der Waals surface area contributed by atoms with Crippen LogP contribution in [0.5, 0.6) is 0 Å². The fraction of sp³-hybridized carbons (Fsp3) is 0.923. The van der Waals surface area contributed by atoms with Gasteiger partial charge in [-0.2, -0.15) is 0 Å². The molecule has 1 amide bonds. The predicted octanol–water partition coefficient (Wildman–Crippen LogP) is 1.40. The largest absolute Gasteiger partial charge is 0.375 e. The Morgan fingerprint density at radius 2 is 2.18 bits per heavy atom. The molecular formula is C13H26N2O2. The van der Waals surface area contributed by atoms with Crippen LogP contribution in [0.25, 0.3) is 0 Å². The van der Waals surface area contributed by atoms with E-state index in [1.165, 1.54) is 0 Å². The van der Waals surface area contributed by atoms with Gasteiger partial charge in [0.25, 0.3) is 0 Å². The molecule has 17 heavy (non-hydrogen) atoms. The van der Waals surface area contributed by atoms with E-state index in [1.807, 2.05) is 11.8 Å². The molecule has 0 aromatic heterocycles. The number of carbonyl (C=O) groups is 1. The van der Waals surface area contributed by atoms with Gasteiger partial charge >= 0.3 is 0 Å². The van der Waals surface area contributed by atoms with Gasteiger partial charge in [0, 0.05) is 19.0 Å². The number of nitrogens with zero attached hydrogens (tertiary/aromatic N) is 1. The lowest BCUT2D eigenvalue weighted by Gasteiger charge is -2.37. The Kier molecular flexibility index (Phi) is 5.92. The molecule has 0 aromatic carbocycles. The standard InChI is InChI=1S/C13H26N2O2/c1-10(2)14-7-5-6-13(16)15-8-12(4)17-9-11(15)3/h10-12,14H,5-9H2,1-4H3. The summed E-state index contributed by atoms with van der Waals surface area (Å²) < 4.78 is 5.52. The van der Waals surface area contributed by atoms with Gasteiger partial charge in [0.1, 0.15) is 0 Å². The first-order valence-corrected chi connectivity index (χ1v) is 6.65. The number of carbonyl (C=O) groups excluding carboxylic acids is 1. The van der Waals surface area contributed by atoms with Gasteiger partial charge in [-0.3, -0.25) is 4.79 Å². The number of ether oxygens (including phenoxy) is 1. The lowest BCUT2D eigenvalue weighted by atomic mass is 10.1. The molecule has 1 heterocycles. The van der Waals surface area contributed by atoms with Crippen molar-refractivity contribution in [3.8, 4) is 0 Å². The lowest BCUT2D eigenvalue weighted by molar-refractivity contribution is -0.143. The first kappa shape index (κ1) is 14.5. The number of hydrogen-bond donors (Lipinski definition) is 1. The zero-order valence-electron chi connectivity index (χ0n) is 11.5. The van der Waals surface area contributed by atoms with Crippen LogP contribution in [0.4, 0.5) is 0 Å². The summed E-state index contributed by atoms with van der Waals surface area (Å²) in [5.41, 5.74) is 0. The summed E-state index contributed by atoms with van der Waals surface area (Å²) in [6, 6.07) is 0.712. The second kappa shape index (κ2) is 6.97. The van der Waals surface area contributed by atoms with Gasteiger partial charge in [0.05, 0.1) is 18.8 Å². The van der Waals surface area contributed by atoms with Crippen molar-refractivity contribution in [3.63, 3.8) is 0 Å². The van der Waals surface area contributed by atoms with Gasteiger partial charge in [-0.15, -0.1) is 0 Å². The molecule has 0 bridgehead atoms. The van der Waals surface area contributed by atoms with Crippen molar-refractivity contribution in [1.82, 2.24) is 10.2 Å². The highest BCUT2D eigenvalue weighted by Gasteiger charge is 2.26. The third-order valence-electron chi connectivity index (χ3n) is 3.05. The Labute approximate surface area is 105 Å². The van der Waals surface area contributed by atoms with Crippen LogP contribution in [0.3, 0.4) is 0 Å². The van der Waals surface area contributed by atoms with E-state index in [0.717, 1.165) is 19.5 Å². The molecule has 1 saturated heterocycles. The molecule has 2 atom stereocenters. The number of morpholine rings is 1. The van der Waals surface area contributed by atoms with Crippen molar-refractivity contribution in [1.29, 1.82) is 0 Å². The quantitative estimate of drug-likeness (QED) is 0.741. The summed E-state index contributed by atoms with van der Waals surface area (Å²) in [5, 5.41) is 3.33. The van der Waals surface area contributed by atoms with E-state index in [2.05, 4.69) is 26.1 Å². The zero-order chi connectivity index (χ0) is 12.8. The minimum Gasteiger partial charge on any atom is -0.375 e. The van der Waals surface area contributed by atoms with Crippen LogP contribution in [0.2, 0.25) is 0 Å². The van der Waals surface area contributed by atoms with E-state index in [4.69, 9.17) is 4.74 Å². The topological polar surface area (TPSA) is 41.6 Å². The van der Waals surface area contributed by atoms with Gasteiger partial charge < -0.3 is 15.0 Å². The molecule has 0 radical (unpaired) electrons. The second-order valence-electron chi connectivity index (χ2n) is 5.25. The third kappa shape index (κ3) is 5.04. The smallest absolute Gasteiger partial charge is 0.223 e.